The molecular formula is C17H17FN2O2S. The maximum Gasteiger partial charge on any atom is 0.234 e. The number of anilines is 2. The summed E-state index contributed by atoms with van der Waals surface area (Å²) in [6.07, 6.45) is 0. The Labute approximate surface area is 138 Å². The average molecular weight is 332 g/mol. The van der Waals surface area contributed by atoms with Crippen molar-refractivity contribution in [2.75, 3.05) is 16.4 Å². The predicted octanol–water partition coefficient (Wildman–Crippen LogP) is 3.66. The molecule has 0 fully saturated rings. The van der Waals surface area contributed by atoms with Crippen molar-refractivity contribution in [2.24, 2.45) is 0 Å². The first-order valence-corrected chi connectivity index (χ1v) is 8.18. The highest BCUT2D eigenvalue weighted by atomic mass is 32.2. The molecule has 0 unspecified atom stereocenters. The minimum absolute atomic E-state index is 0.147. The van der Waals surface area contributed by atoms with Gasteiger partial charge in [0.05, 0.1) is 5.75 Å². The molecule has 6 heteroatoms. The molecule has 2 N–H and O–H groups in total. The predicted molar refractivity (Wildman–Crippen MR) is 91.9 cm³/mol. The second kappa shape index (κ2) is 8.33. The maximum atomic E-state index is 13.1. The molecule has 0 aliphatic rings. The van der Waals surface area contributed by atoms with E-state index in [9.17, 15) is 14.0 Å². The lowest BCUT2D eigenvalue weighted by atomic mass is 10.2. The molecule has 23 heavy (non-hydrogen) atoms. The summed E-state index contributed by atoms with van der Waals surface area (Å²) in [5.74, 6) is 0.241. The van der Waals surface area contributed by atoms with Crippen LogP contribution in [0, 0.1) is 5.82 Å². The Morgan fingerprint density at radius 3 is 2.43 bits per heavy atom. The molecule has 2 amide bonds. The van der Waals surface area contributed by atoms with E-state index in [0.717, 1.165) is 5.56 Å². The van der Waals surface area contributed by atoms with Gasteiger partial charge in [0.1, 0.15) is 5.82 Å². The van der Waals surface area contributed by atoms with E-state index in [4.69, 9.17) is 0 Å². The highest BCUT2D eigenvalue weighted by Crippen LogP contribution is 2.17. The van der Waals surface area contributed by atoms with Gasteiger partial charge >= 0.3 is 0 Å². The Bertz CT molecular complexity index is 706. The van der Waals surface area contributed by atoms with Crippen LogP contribution >= 0.6 is 11.8 Å². The maximum absolute atomic E-state index is 13.1. The number of hydrogen-bond donors (Lipinski definition) is 2. The molecule has 0 spiro atoms. The van der Waals surface area contributed by atoms with Crippen LogP contribution in [0.25, 0.3) is 0 Å². The molecule has 0 saturated heterocycles. The summed E-state index contributed by atoms with van der Waals surface area (Å²) >= 11 is 1.41. The van der Waals surface area contributed by atoms with Crippen LogP contribution in [0.1, 0.15) is 12.5 Å². The second-order valence-corrected chi connectivity index (χ2v) is 5.92. The minimum atomic E-state index is -0.276. The van der Waals surface area contributed by atoms with Gasteiger partial charge in [-0.3, -0.25) is 9.59 Å². The van der Waals surface area contributed by atoms with Crippen LogP contribution in [0.5, 0.6) is 0 Å². The van der Waals surface area contributed by atoms with Gasteiger partial charge in [0, 0.05) is 24.1 Å². The summed E-state index contributed by atoms with van der Waals surface area (Å²) < 4.78 is 13.1. The molecule has 120 valence electrons. The van der Waals surface area contributed by atoms with Crippen molar-refractivity contribution in [1.82, 2.24) is 0 Å². The summed E-state index contributed by atoms with van der Waals surface area (Å²) in [6.45, 7) is 1.42. The van der Waals surface area contributed by atoms with Crippen molar-refractivity contribution in [3.05, 3.63) is 59.9 Å². The molecule has 0 radical (unpaired) electrons. The number of carbonyl (C=O) groups excluding carboxylic acids is 2. The number of amides is 2. The minimum Gasteiger partial charge on any atom is -0.326 e. The summed E-state index contributed by atoms with van der Waals surface area (Å²) in [6, 6.07) is 13.3. The van der Waals surface area contributed by atoms with E-state index in [1.165, 1.54) is 30.8 Å². The van der Waals surface area contributed by atoms with Gasteiger partial charge in [-0.2, -0.15) is 0 Å². The molecule has 2 rings (SSSR count). The molecule has 2 aromatic carbocycles. The third-order valence-corrected chi connectivity index (χ3v) is 3.86. The Kier molecular flexibility index (Phi) is 6.17. The summed E-state index contributed by atoms with van der Waals surface area (Å²) in [5, 5.41) is 5.43. The fraction of sp³-hybridized carbons (Fsp3) is 0.176. The van der Waals surface area contributed by atoms with Crippen LogP contribution in [0.2, 0.25) is 0 Å². The van der Waals surface area contributed by atoms with E-state index in [1.54, 1.807) is 30.3 Å². The molecule has 0 bridgehead atoms. The summed E-state index contributed by atoms with van der Waals surface area (Å²) in [7, 11) is 0. The smallest absolute Gasteiger partial charge is 0.234 e. The van der Waals surface area contributed by atoms with Crippen molar-refractivity contribution in [1.29, 1.82) is 0 Å². The fourth-order valence-corrected chi connectivity index (χ4v) is 2.74. The molecule has 4 nitrogen and oxygen atoms in total. The van der Waals surface area contributed by atoms with Crippen molar-refractivity contribution in [3.8, 4) is 0 Å². The zero-order chi connectivity index (χ0) is 16.7. The van der Waals surface area contributed by atoms with Gasteiger partial charge in [0.25, 0.3) is 0 Å². The largest absolute Gasteiger partial charge is 0.326 e. The molecule has 0 heterocycles. The zero-order valence-corrected chi connectivity index (χ0v) is 13.5. The van der Waals surface area contributed by atoms with Crippen molar-refractivity contribution in [3.63, 3.8) is 0 Å². The van der Waals surface area contributed by atoms with Gasteiger partial charge < -0.3 is 10.6 Å². The first-order chi connectivity index (χ1) is 11.0. The van der Waals surface area contributed by atoms with Crippen LogP contribution in [-0.4, -0.2) is 17.6 Å². The Morgan fingerprint density at radius 1 is 1.04 bits per heavy atom. The Morgan fingerprint density at radius 2 is 1.74 bits per heavy atom. The van der Waals surface area contributed by atoms with Gasteiger partial charge in [0.15, 0.2) is 0 Å². The fourth-order valence-electron chi connectivity index (χ4n) is 1.96. The van der Waals surface area contributed by atoms with Gasteiger partial charge in [-0.15, -0.1) is 11.8 Å². The van der Waals surface area contributed by atoms with Gasteiger partial charge in [-0.05, 0) is 35.9 Å². The van der Waals surface area contributed by atoms with Gasteiger partial charge in [0.2, 0.25) is 11.8 Å². The van der Waals surface area contributed by atoms with Crippen molar-refractivity contribution in [2.45, 2.75) is 12.7 Å². The molecule has 0 aromatic heterocycles. The lowest BCUT2D eigenvalue weighted by Gasteiger charge is -2.08. The van der Waals surface area contributed by atoms with E-state index in [1.807, 2.05) is 6.07 Å². The monoisotopic (exact) mass is 332 g/mol. The van der Waals surface area contributed by atoms with Crippen LogP contribution in [0.3, 0.4) is 0 Å². The third kappa shape index (κ3) is 6.12. The second-order valence-electron chi connectivity index (χ2n) is 4.93. The number of rotatable bonds is 6. The number of halogens is 1. The first kappa shape index (κ1) is 17.0. The highest BCUT2D eigenvalue weighted by molar-refractivity contribution is 7.99. The van der Waals surface area contributed by atoms with Crippen molar-refractivity contribution < 1.29 is 14.0 Å². The Hall–Kier alpha value is -2.34. The third-order valence-electron chi connectivity index (χ3n) is 2.86. The SMILES string of the molecule is CC(=O)Nc1cccc(NC(=O)CSCc2cccc(F)c2)c1. The number of benzene rings is 2. The molecule has 2 aromatic rings. The number of carbonyl (C=O) groups is 2. The zero-order valence-electron chi connectivity index (χ0n) is 12.6. The molecule has 0 aliphatic carbocycles. The van der Waals surface area contributed by atoms with Crippen molar-refractivity contribution >= 4 is 35.0 Å². The standard InChI is InChI=1S/C17H17FN2O2S/c1-12(21)19-15-6-3-7-16(9-15)20-17(22)11-23-10-13-4-2-5-14(18)8-13/h2-9H,10-11H2,1H3,(H,19,21)(H,20,22). The van der Waals surface area contributed by atoms with Crippen LogP contribution in [0.4, 0.5) is 15.8 Å². The highest BCUT2D eigenvalue weighted by Gasteiger charge is 2.05. The first-order valence-electron chi connectivity index (χ1n) is 7.02. The molecular weight excluding hydrogens is 315 g/mol. The van der Waals surface area contributed by atoms with Crippen LogP contribution in [0.15, 0.2) is 48.5 Å². The van der Waals surface area contributed by atoms with E-state index in [0.29, 0.717) is 17.1 Å². The quantitative estimate of drug-likeness (QED) is 0.849. The lowest BCUT2D eigenvalue weighted by molar-refractivity contribution is -0.114. The summed E-state index contributed by atoms with van der Waals surface area (Å²) in [5.41, 5.74) is 2.09. The lowest BCUT2D eigenvalue weighted by Crippen LogP contribution is -2.14. The van der Waals surface area contributed by atoms with E-state index in [-0.39, 0.29) is 23.4 Å². The van der Waals surface area contributed by atoms with Crippen LogP contribution < -0.4 is 10.6 Å². The van der Waals surface area contributed by atoms with E-state index >= 15 is 0 Å². The molecule has 0 atom stereocenters. The summed E-state index contributed by atoms with van der Waals surface area (Å²) in [4.78, 5) is 22.9. The normalized spacial score (nSPS) is 10.2. The van der Waals surface area contributed by atoms with E-state index < -0.39 is 0 Å². The topological polar surface area (TPSA) is 58.2 Å². The molecule has 0 saturated carbocycles. The number of thioether (sulfide) groups is 1. The van der Waals surface area contributed by atoms with Crippen LogP contribution in [-0.2, 0) is 15.3 Å². The Balaban J connectivity index is 1.81. The average Bonchev–Trinajstić information content (AvgIpc) is 2.47. The number of hydrogen-bond acceptors (Lipinski definition) is 3. The number of nitrogens with one attached hydrogen (secondary N) is 2. The van der Waals surface area contributed by atoms with Gasteiger partial charge in [-0.25, -0.2) is 4.39 Å². The van der Waals surface area contributed by atoms with E-state index in [2.05, 4.69) is 10.6 Å². The molecule has 0 aliphatic heterocycles. The van der Waals surface area contributed by atoms with Gasteiger partial charge in [-0.1, -0.05) is 18.2 Å².